The molecule has 0 bridgehead atoms. The van der Waals surface area contributed by atoms with Crippen LogP contribution in [0.3, 0.4) is 0 Å². The quantitative estimate of drug-likeness (QED) is 0.758. The van der Waals surface area contributed by atoms with Gasteiger partial charge in [-0.25, -0.2) is 9.78 Å². The largest absolute Gasteiger partial charge is 0.449 e. The van der Waals surface area contributed by atoms with Crippen molar-refractivity contribution in [2.24, 2.45) is 0 Å². The number of carbonyl (C=O) groups excluding carboxylic acids is 1. The van der Waals surface area contributed by atoms with E-state index in [1.165, 1.54) is 6.42 Å². The van der Waals surface area contributed by atoms with Gasteiger partial charge >= 0.3 is 5.97 Å². The third-order valence-electron chi connectivity index (χ3n) is 5.72. The van der Waals surface area contributed by atoms with E-state index in [-0.39, 0.29) is 5.97 Å². The molecule has 1 saturated carbocycles. The van der Waals surface area contributed by atoms with Gasteiger partial charge in [0.05, 0.1) is 18.1 Å². The van der Waals surface area contributed by atoms with Crippen molar-refractivity contribution >= 4 is 11.8 Å². The Labute approximate surface area is 158 Å². The summed E-state index contributed by atoms with van der Waals surface area (Å²) in [5, 5.41) is 0. The normalized spacial score (nSPS) is 20.7. The van der Waals surface area contributed by atoms with Crippen molar-refractivity contribution in [1.29, 1.82) is 0 Å². The second-order valence-electron chi connectivity index (χ2n) is 7.35. The molecule has 5 nitrogen and oxygen atoms in total. The first-order chi connectivity index (χ1) is 13.3. The highest BCUT2D eigenvalue weighted by atomic mass is 16.6. The highest BCUT2D eigenvalue weighted by Gasteiger charge is 2.49. The number of fused-ring (bicyclic) bond motifs is 1. The molecule has 1 spiro atoms. The van der Waals surface area contributed by atoms with E-state index in [2.05, 4.69) is 22.1 Å². The maximum absolute atomic E-state index is 12.8. The van der Waals surface area contributed by atoms with Crippen molar-refractivity contribution in [1.82, 2.24) is 9.97 Å². The lowest BCUT2D eigenvalue weighted by Crippen LogP contribution is -2.34. The minimum atomic E-state index is -0.433. The van der Waals surface area contributed by atoms with Crippen molar-refractivity contribution in [3.63, 3.8) is 0 Å². The van der Waals surface area contributed by atoms with E-state index in [9.17, 15) is 4.79 Å². The van der Waals surface area contributed by atoms with E-state index < -0.39 is 5.60 Å². The van der Waals surface area contributed by atoms with Gasteiger partial charge < -0.3 is 9.64 Å². The molecule has 5 heteroatoms. The molecule has 2 aliphatic heterocycles. The molecule has 3 aliphatic rings. The molecule has 27 heavy (non-hydrogen) atoms. The van der Waals surface area contributed by atoms with Crippen LogP contribution in [0.5, 0.6) is 0 Å². The Balaban J connectivity index is 1.50. The number of nitrogens with zero attached hydrogens (tertiary/aromatic N) is 3. The van der Waals surface area contributed by atoms with Crippen molar-refractivity contribution in [2.45, 2.75) is 37.7 Å². The topological polar surface area (TPSA) is 55.3 Å². The molecular formula is C22H21N3O2. The van der Waals surface area contributed by atoms with E-state index in [1.807, 2.05) is 35.2 Å². The van der Waals surface area contributed by atoms with E-state index >= 15 is 0 Å². The molecule has 2 aromatic rings. The van der Waals surface area contributed by atoms with E-state index in [0.29, 0.717) is 18.1 Å². The molecule has 0 amide bonds. The third-order valence-corrected chi connectivity index (χ3v) is 5.72. The lowest BCUT2D eigenvalue weighted by molar-refractivity contribution is -0.149. The monoisotopic (exact) mass is 359 g/mol. The fraction of sp³-hybridized carbons (Fsp3) is 0.318. The van der Waals surface area contributed by atoms with E-state index in [0.717, 1.165) is 42.5 Å². The van der Waals surface area contributed by atoms with Crippen molar-refractivity contribution in [2.75, 3.05) is 11.4 Å². The van der Waals surface area contributed by atoms with Gasteiger partial charge in [-0.15, -0.1) is 0 Å². The zero-order valence-electron chi connectivity index (χ0n) is 15.1. The average molecular weight is 359 g/mol. The van der Waals surface area contributed by atoms with E-state index in [1.54, 1.807) is 12.4 Å². The van der Waals surface area contributed by atoms with Gasteiger partial charge in [0.15, 0.2) is 5.82 Å². The number of aromatic nitrogens is 2. The van der Waals surface area contributed by atoms with Crippen LogP contribution in [0.1, 0.15) is 32.1 Å². The fourth-order valence-electron chi connectivity index (χ4n) is 4.38. The Morgan fingerprint density at radius 3 is 2.56 bits per heavy atom. The lowest BCUT2D eigenvalue weighted by Gasteiger charge is -2.34. The number of hydrogen-bond donors (Lipinski definition) is 0. The Morgan fingerprint density at radius 2 is 1.81 bits per heavy atom. The predicted octanol–water partition coefficient (Wildman–Crippen LogP) is 4.03. The minimum Gasteiger partial charge on any atom is -0.449 e. The maximum Gasteiger partial charge on any atom is 0.356 e. The number of rotatable bonds is 2. The summed E-state index contributed by atoms with van der Waals surface area (Å²) >= 11 is 0. The number of ether oxygens (including phenoxy) is 1. The zero-order chi connectivity index (χ0) is 18.3. The highest BCUT2D eigenvalue weighted by Crippen LogP contribution is 2.46. The molecule has 3 heterocycles. The summed E-state index contributed by atoms with van der Waals surface area (Å²) in [6.07, 6.45) is 12.9. The number of hydrogen-bond acceptors (Lipinski definition) is 5. The summed E-state index contributed by atoms with van der Waals surface area (Å²) in [6, 6.07) is 9.96. The molecule has 0 N–H and O–H groups in total. The second kappa shape index (κ2) is 6.34. The fourth-order valence-corrected chi connectivity index (χ4v) is 4.38. The van der Waals surface area contributed by atoms with Crippen molar-refractivity contribution in [3.8, 4) is 11.3 Å². The van der Waals surface area contributed by atoms with Crippen LogP contribution in [0.15, 0.2) is 66.1 Å². The summed E-state index contributed by atoms with van der Waals surface area (Å²) in [5.74, 6) is 0.446. The van der Waals surface area contributed by atoms with Crippen LogP contribution in [0, 0.1) is 0 Å². The summed E-state index contributed by atoms with van der Waals surface area (Å²) < 4.78 is 5.93. The van der Waals surface area contributed by atoms with Gasteiger partial charge in [0.2, 0.25) is 0 Å². The summed E-state index contributed by atoms with van der Waals surface area (Å²) in [4.78, 5) is 23.8. The number of benzene rings is 1. The van der Waals surface area contributed by atoms with Gasteiger partial charge in [-0.1, -0.05) is 48.9 Å². The molecule has 1 aromatic heterocycles. The van der Waals surface area contributed by atoms with Crippen molar-refractivity contribution in [3.05, 3.63) is 66.1 Å². The van der Waals surface area contributed by atoms with Crippen LogP contribution < -0.4 is 4.90 Å². The molecule has 1 aromatic carbocycles. The molecule has 5 rings (SSSR count). The van der Waals surface area contributed by atoms with E-state index in [4.69, 9.17) is 4.74 Å². The standard InChI is InChI=1S/C22H21N3O2/c26-21-20-17(22(27-21)11-5-2-6-12-22)10-7-13-25(20)19-15-23-18(14-24-19)16-8-3-1-4-9-16/h1,3-4,7-10,14-15H,2,5-6,11-13H2. The van der Waals surface area contributed by atoms with Gasteiger partial charge in [0, 0.05) is 17.7 Å². The van der Waals surface area contributed by atoms with Gasteiger partial charge in [0.1, 0.15) is 11.3 Å². The number of esters is 1. The molecule has 0 atom stereocenters. The zero-order valence-corrected chi connectivity index (χ0v) is 15.1. The highest BCUT2D eigenvalue weighted by molar-refractivity contribution is 5.98. The van der Waals surface area contributed by atoms with Gasteiger partial charge in [0.25, 0.3) is 0 Å². The first-order valence-electron chi connectivity index (χ1n) is 9.56. The molecule has 0 saturated heterocycles. The Hall–Kier alpha value is -2.95. The number of anilines is 1. The van der Waals surface area contributed by atoms with Crippen LogP contribution in [-0.2, 0) is 9.53 Å². The van der Waals surface area contributed by atoms with Crippen LogP contribution in [-0.4, -0.2) is 28.1 Å². The average Bonchev–Trinajstić information content (AvgIpc) is 3.01. The molecule has 136 valence electrons. The third kappa shape index (κ3) is 2.65. The Kier molecular flexibility index (Phi) is 3.81. The molecule has 0 unspecified atom stereocenters. The SMILES string of the molecule is O=C1OC2(CCCCC2)C2=C1N(c1cnc(-c3ccccc3)cn1)CC=C2. The smallest absolute Gasteiger partial charge is 0.356 e. The van der Waals surface area contributed by atoms with Crippen LogP contribution in [0.2, 0.25) is 0 Å². The Bertz CT molecular complexity index is 926. The maximum atomic E-state index is 12.8. The number of carbonyl (C=O) groups is 1. The van der Waals surface area contributed by atoms with Gasteiger partial charge in [-0.3, -0.25) is 4.98 Å². The van der Waals surface area contributed by atoms with Crippen LogP contribution in [0.4, 0.5) is 5.82 Å². The lowest BCUT2D eigenvalue weighted by atomic mass is 9.78. The second-order valence-corrected chi connectivity index (χ2v) is 7.35. The minimum absolute atomic E-state index is 0.231. The molecule has 1 aliphatic carbocycles. The first-order valence-corrected chi connectivity index (χ1v) is 9.56. The van der Waals surface area contributed by atoms with Crippen LogP contribution >= 0.6 is 0 Å². The molecule has 0 radical (unpaired) electrons. The Morgan fingerprint density at radius 1 is 1.00 bits per heavy atom. The summed E-state index contributed by atoms with van der Waals surface area (Å²) in [5.41, 5.74) is 3.07. The summed E-state index contributed by atoms with van der Waals surface area (Å²) in [6.45, 7) is 0.601. The van der Waals surface area contributed by atoms with Crippen molar-refractivity contribution < 1.29 is 9.53 Å². The predicted molar refractivity (Wildman–Crippen MR) is 103 cm³/mol. The van der Waals surface area contributed by atoms with Gasteiger partial charge in [-0.05, 0) is 25.7 Å². The molecule has 1 fully saturated rings. The first kappa shape index (κ1) is 16.2. The molecular weight excluding hydrogens is 338 g/mol. The van der Waals surface area contributed by atoms with Gasteiger partial charge in [-0.2, -0.15) is 0 Å². The van der Waals surface area contributed by atoms with Crippen LogP contribution in [0.25, 0.3) is 11.3 Å². The summed E-state index contributed by atoms with van der Waals surface area (Å²) in [7, 11) is 0.